The lowest BCUT2D eigenvalue weighted by molar-refractivity contribution is -0.145. The highest BCUT2D eigenvalue weighted by atomic mass is 16.5. The van der Waals surface area contributed by atoms with Crippen molar-refractivity contribution in [2.75, 3.05) is 32.8 Å². The molecule has 0 aromatic rings. The number of carbonyl (C=O) groups is 2. The van der Waals surface area contributed by atoms with Gasteiger partial charge in [-0.15, -0.1) is 0 Å². The smallest absolute Gasteiger partial charge is 0.244 e. The number of rotatable bonds is 3. The van der Waals surface area contributed by atoms with Crippen molar-refractivity contribution in [1.29, 1.82) is 0 Å². The largest absolute Gasteiger partial charge is 0.378 e. The van der Waals surface area contributed by atoms with Crippen molar-refractivity contribution in [3.8, 4) is 0 Å². The minimum atomic E-state index is -0.394. The molecule has 0 saturated carbocycles. The van der Waals surface area contributed by atoms with Gasteiger partial charge in [-0.05, 0) is 20.3 Å². The number of amides is 2. The van der Waals surface area contributed by atoms with Crippen LogP contribution < -0.4 is 10.6 Å². The lowest BCUT2D eigenvalue weighted by Gasteiger charge is -2.37. The van der Waals surface area contributed by atoms with E-state index in [1.807, 2.05) is 13.8 Å². The van der Waals surface area contributed by atoms with Crippen LogP contribution in [-0.2, 0) is 14.3 Å². The molecule has 3 atom stereocenters. The Bertz CT molecular complexity index is 348. The molecular formula is C13H23N3O3. The standard InChI is InChI=1S/C13H23N3O3/c1-3-15-12(17)11-8-14-5-6-16(11)13(18)10-4-7-19-9(10)2/h9-11,14H,3-8H2,1-2H3,(H,15,17). The quantitative estimate of drug-likeness (QED) is 0.714. The van der Waals surface area contributed by atoms with Crippen molar-refractivity contribution >= 4 is 11.8 Å². The Balaban J connectivity index is 2.06. The number of carbonyl (C=O) groups excluding carboxylic acids is 2. The van der Waals surface area contributed by atoms with Gasteiger partial charge in [0, 0.05) is 32.8 Å². The Morgan fingerprint density at radius 1 is 1.47 bits per heavy atom. The average Bonchev–Trinajstić information content (AvgIpc) is 2.84. The van der Waals surface area contributed by atoms with Crippen LogP contribution in [0.25, 0.3) is 0 Å². The van der Waals surface area contributed by atoms with Crippen LogP contribution in [0.4, 0.5) is 0 Å². The third-order valence-electron chi connectivity index (χ3n) is 3.87. The second-order valence-corrected chi connectivity index (χ2v) is 5.12. The summed E-state index contributed by atoms with van der Waals surface area (Å²) in [5.41, 5.74) is 0. The first-order valence-corrected chi connectivity index (χ1v) is 7.05. The molecule has 2 saturated heterocycles. The zero-order valence-corrected chi connectivity index (χ0v) is 11.6. The van der Waals surface area contributed by atoms with Crippen LogP contribution in [0.2, 0.25) is 0 Å². The summed E-state index contributed by atoms with van der Waals surface area (Å²) in [4.78, 5) is 26.3. The van der Waals surface area contributed by atoms with Crippen LogP contribution in [0.1, 0.15) is 20.3 Å². The zero-order valence-electron chi connectivity index (χ0n) is 11.6. The number of nitrogens with zero attached hydrogens (tertiary/aromatic N) is 1. The number of hydrogen-bond donors (Lipinski definition) is 2. The lowest BCUT2D eigenvalue weighted by atomic mass is 9.99. The van der Waals surface area contributed by atoms with Gasteiger partial charge < -0.3 is 20.3 Å². The summed E-state index contributed by atoms with van der Waals surface area (Å²) in [6.07, 6.45) is 0.712. The molecule has 2 rings (SSSR count). The molecule has 6 nitrogen and oxygen atoms in total. The fraction of sp³-hybridized carbons (Fsp3) is 0.846. The highest BCUT2D eigenvalue weighted by Crippen LogP contribution is 2.24. The molecule has 2 aliphatic heterocycles. The predicted octanol–water partition coefficient (Wildman–Crippen LogP) is -0.652. The molecule has 3 unspecified atom stereocenters. The van der Waals surface area contributed by atoms with E-state index in [2.05, 4.69) is 10.6 Å². The molecule has 0 aromatic carbocycles. The van der Waals surface area contributed by atoms with E-state index >= 15 is 0 Å². The SMILES string of the molecule is CCNC(=O)C1CNCCN1C(=O)C1CCOC1C. The highest BCUT2D eigenvalue weighted by molar-refractivity contribution is 5.89. The van der Waals surface area contributed by atoms with Crippen LogP contribution in [0.5, 0.6) is 0 Å². The summed E-state index contributed by atoms with van der Waals surface area (Å²) in [5.74, 6) is -0.118. The minimum Gasteiger partial charge on any atom is -0.378 e. The molecule has 6 heteroatoms. The molecule has 2 fully saturated rings. The molecule has 0 spiro atoms. The summed E-state index contributed by atoms with van der Waals surface area (Å²) in [6.45, 7) is 6.88. The van der Waals surface area contributed by atoms with Crippen molar-refractivity contribution in [2.45, 2.75) is 32.4 Å². The van der Waals surface area contributed by atoms with Gasteiger partial charge in [-0.3, -0.25) is 9.59 Å². The van der Waals surface area contributed by atoms with Crippen molar-refractivity contribution < 1.29 is 14.3 Å². The molecular weight excluding hydrogens is 246 g/mol. The monoisotopic (exact) mass is 269 g/mol. The van der Waals surface area contributed by atoms with Gasteiger partial charge in [0.1, 0.15) is 6.04 Å². The third-order valence-corrected chi connectivity index (χ3v) is 3.87. The molecule has 19 heavy (non-hydrogen) atoms. The van der Waals surface area contributed by atoms with E-state index in [1.165, 1.54) is 0 Å². The number of piperazine rings is 1. The highest BCUT2D eigenvalue weighted by Gasteiger charge is 2.39. The fourth-order valence-corrected chi connectivity index (χ4v) is 2.76. The van der Waals surface area contributed by atoms with Gasteiger partial charge in [0.2, 0.25) is 11.8 Å². The maximum absolute atomic E-state index is 12.6. The van der Waals surface area contributed by atoms with Crippen molar-refractivity contribution in [2.24, 2.45) is 5.92 Å². The first-order valence-electron chi connectivity index (χ1n) is 7.05. The number of ether oxygens (including phenoxy) is 1. The van der Waals surface area contributed by atoms with Gasteiger partial charge in [0.15, 0.2) is 0 Å². The Morgan fingerprint density at radius 3 is 2.89 bits per heavy atom. The van der Waals surface area contributed by atoms with Crippen LogP contribution in [-0.4, -0.2) is 61.6 Å². The maximum Gasteiger partial charge on any atom is 0.244 e. The van der Waals surface area contributed by atoms with Crippen molar-refractivity contribution in [1.82, 2.24) is 15.5 Å². The summed E-state index contributed by atoms with van der Waals surface area (Å²) in [7, 11) is 0. The van der Waals surface area contributed by atoms with E-state index in [0.29, 0.717) is 26.2 Å². The lowest BCUT2D eigenvalue weighted by Crippen LogP contribution is -2.61. The summed E-state index contributed by atoms with van der Waals surface area (Å²) >= 11 is 0. The van der Waals surface area contributed by atoms with Gasteiger partial charge in [-0.2, -0.15) is 0 Å². The second kappa shape index (κ2) is 6.34. The number of nitrogens with one attached hydrogen (secondary N) is 2. The van der Waals surface area contributed by atoms with E-state index in [4.69, 9.17) is 4.74 Å². The minimum absolute atomic E-state index is 0.0442. The Morgan fingerprint density at radius 2 is 2.26 bits per heavy atom. The topological polar surface area (TPSA) is 70.7 Å². The first-order chi connectivity index (χ1) is 9.15. The van der Waals surface area contributed by atoms with Gasteiger partial charge >= 0.3 is 0 Å². The molecule has 0 bridgehead atoms. The Kier molecular flexibility index (Phi) is 4.76. The molecule has 0 aliphatic carbocycles. The fourth-order valence-electron chi connectivity index (χ4n) is 2.76. The van der Waals surface area contributed by atoms with Gasteiger partial charge in [0.05, 0.1) is 12.0 Å². The summed E-state index contributed by atoms with van der Waals surface area (Å²) < 4.78 is 5.46. The van der Waals surface area contributed by atoms with Gasteiger partial charge in [-0.25, -0.2) is 0 Å². The third kappa shape index (κ3) is 3.06. The Labute approximate surface area is 113 Å². The molecule has 2 heterocycles. The molecule has 2 aliphatic rings. The number of hydrogen-bond acceptors (Lipinski definition) is 4. The van der Waals surface area contributed by atoms with E-state index in [0.717, 1.165) is 13.0 Å². The van der Waals surface area contributed by atoms with E-state index in [9.17, 15) is 9.59 Å². The van der Waals surface area contributed by atoms with Crippen LogP contribution >= 0.6 is 0 Å². The second-order valence-electron chi connectivity index (χ2n) is 5.12. The van der Waals surface area contributed by atoms with E-state index in [1.54, 1.807) is 4.90 Å². The molecule has 0 radical (unpaired) electrons. The normalized spacial score (nSPS) is 31.3. The van der Waals surface area contributed by atoms with Crippen LogP contribution in [0.3, 0.4) is 0 Å². The number of likely N-dealkylation sites (N-methyl/N-ethyl adjacent to an activating group) is 1. The van der Waals surface area contributed by atoms with Crippen LogP contribution in [0.15, 0.2) is 0 Å². The average molecular weight is 269 g/mol. The van der Waals surface area contributed by atoms with E-state index in [-0.39, 0.29) is 23.8 Å². The predicted molar refractivity (Wildman–Crippen MR) is 70.6 cm³/mol. The molecule has 0 aromatic heterocycles. The zero-order chi connectivity index (χ0) is 13.8. The van der Waals surface area contributed by atoms with Crippen LogP contribution in [0, 0.1) is 5.92 Å². The molecule has 108 valence electrons. The van der Waals surface area contributed by atoms with Crippen molar-refractivity contribution in [3.63, 3.8) is 0 Å². The van der Waals surface area contributed by atoms with Gasteiger partial charge in [0.25, 0.3) is 0 Å². The first kappa shape index (κ1) is 14.3. The van der Waals surface area contributed by atoms with Crippen molar-refractivity contribution in [3.05, 3.63) is 0 Å². The maximum atomic E-state index is 12.6. The summed E-state index contributed by atoms with van der Waals surface area (Å²) in [5, 5.41) is 5.97. The Hall–Kier alpha value is -1.14. The van der Waals surface area contributed by atoms with E-state index < -0.39 is 6.04 Å². The van der Waals surface area contributed by atoms with Gasteiger partial charge in [-0.1, -0.05) is 0 Å². The summed E-state index contributed by atoms with van der Waals surface area (Å²) in [6, 6.07) is -0.394. The molecule has 2 N–H and O–H groups in total. The molecule has 2 amide bonds.